The molecule has 7 nitrogen and oxygen atoms in total. The highest BCUT2D eigenvalue weighted by Gasteiger charge is 2.18. The largest absolute Gasteiger partial charge is 0.464 e. The molecule has 26 heavy (non-hydrogen) atoms. The van der Waals surface area contributed by atoms with Crippen LogP contribution >= 0.6 is 0 Å². The molecule has 1 aromatic heterocycles. The first kappa shape index (κ1) is 22.2. The topological polar surface area (TPSA) is 81.9 Å². The Bertz CT molecular complexity index is 530. The summed E-state index contributed by atoms with van der Waals surface area (Å²) in [5.41, 5.74) is 0.105. The number of rotatable bonds is 14. The van der Waals surface area contributed by atoms with Gasteiger partial charge in [-0.1, -0.05) is 45.4 Å². The lowest BCUT2D eigenvalue weighted by atomic mass is 10.1. The molecular weight excluding hydrogens is 336 g/mol. The fourth-order valence-corrected chi connectivity index (χ4v) is 2.63. The maximum atomic E-state index is 12.5. The highest BCUT2D eigenvalue weighted by molar-refractivity contribution is 5.86. The van der Waals surface area contributed by atoms with Crippen molar-refractivity contribution in [2.75, 3.05) is 27.4 Å². The molecular formula is C19H32N2O5. The fourth-order valence-electron chi connectivity index (χ4n) is 2.63. The van der Waals surface area contributed by atoms with Crippen molar-refractivity contribution in [2.24, 2.45) is 0 Å². The van der Waals surface area contributed by atoms with E-state index in [-0.39, 0.29) is 18.1 Å². The number of amides is 1. The van der Waals surface area contributed by atoms with Gasteiger partial charge >= 0.3 is 5.97 Å². The smallest absolute Gasteiger partial charge is 0.360 e. The summed E-state index contributed by atoms with van der Waals surface area (Å²) < 4.78 is 15.0. The summed E-state index contributed by atoms with van der Waals surface area (Å²) in [6.07, 6.45) is 9.91. The number of oxazole rings is 1. The van der Waals surface area contributed by atoms with Crippen LogP contribution in [-0.4, -0.2) is 49.1 Å². The molecule has 0 saturated heterocycles. The van der Waals surface area contributed by atoms with Gasteiger partial charge in [0.1, 0.15) is 6.26 Å². The molecule has 148 valence electrons. The van der Waals surface area contributed by atoms with Gasteiger partial charge in [-0.05, 0) is 6.42 Å². The summed E-state index contributed by atoms with van der Waals surface area (Å²) in [4.78, 5) is 29.7. The molecule has 1 heterocycles. The van der Waals surface area contributed by atoms with Gasteiger partial charge in [-0.3, -0.25) is 4.79 Å². The van der Waals surface area contributed by atoms with Crippen molar-refractivity contribution in [3.8, 4) is 0 Å². The minimum absolute atomic E-state index is 0.0495. The normalized spacial score (nSPS) is 10.7. The summed E-state index contributed by atoms with van der Waals surface area (Å²) in [5.74, 6) is -0.194. The summed E-state index contributed by atoms with van der Waals surface area (Å²) in [5, 5.41) is 0. The van der Waals surface area contributed by atoms with Crippen molar-refractivity contribution < 1.29 is 23.5 Å². The molecule has 1 aromatic rings. The minimum atomic E-state index is -0.558. The van der Waals surface area contributed by atoms with E-state index in [2.05, 4.69) is 16.6 Å². The van der Waals surface area contributed by atoms with Crippen LogP contribution < -0.4 is 0 Å². The van der Waals surface area contributed by atoms with Gasteiger partial charge < -0.3 is 18.8 Å². The van der Waals surface area contributed by atoms with Crippen molar-refractivity contribution in [3.63, 3.8) is 0 Å². The van der Waals surface area contributed by atoms with Crippen LogP contribution in [-0.2, 0) is 20.8 Å². The number of esters is 1. The first-order valence-electron chi connectivity index (χ1n) is 9.41. The number of unbranched alkanes of at least 4 members (excludes halogenated alkanes) is 6. The van der Waals surface area contributed by atoms with Gasteiger partial charge in [0.25, 0.3) is 0 Å². The Morgan fingerprint density at radius 3 is 2.46 bits per heavy atom. The van der Waals surface area contributed by atoms with Gasteiger partial charge in [0.05, 0.1) is 20.3 Å². The monoisotopic (exact) mass is 368 g/mol. The minimum Gasteiger partial charge on any atom is -0.464 e. The van der Waals surface area contributed by atoms with Crippen molar-refractivity contribution in [2.45, 2.75) is 64.8 Å². The zero-order chi connectivity index (χ0) is 19.2. The third-order valence-electron chi connectivity index (χ3n) is 4.18. The molecule has 0 fully saturated rings. The Morgan fingerprint density at radius 2 is 1.81 bits per heavy atom. The Hall–Kier alpha value is -1.89. The quantitative estimate of drug-likeness (QED) is 0.369. The molecule has 0 aliphatic heterocycles. The van der Waals surface area contributed by atoms with Gasteiger partial charge in [-0.15, -0.1) is 0 Å². The average Bonchev–Trinajstić information content (AvgIpc) is 3.12. The molecule has 0 radical (unpaired) electrons. The lowest BCUT2D eigenvalue weighted by molar-refractivity contribution is -0.132. The summed E-state index contributed by atoms with van der Waals surface area (Å²) >= 11 is 0. The van der Waals surface area contributed by atoms with Crippen LogP contribution in [0.5, 0.6) is 0 Å². The van der Waals surface area contributed by atoms with Crippen molar-refractivity contribution >= 4 is 11.9 Å². The lowest BCUT2D eigenvalue weighted by Crippen LogP contribution is -2.33. The highest BCUT2D eigenvalue weighted by atomic mass is 16.5. The maximum absolute atomic E-state index is 12.5. The predicted octanol–water partition coefficient (Wildman–Crippen LogP) is 3.58. The fraction of sp³-hybridized carbons (Fsp3) is 0.737. The van der Waals surface area contributed by atoms with Crippen LogP contribution in [0.4, 0.5) is 0 Å². The van der Waals surface area contributed by atoms with Crippen molar-refractivity contribution in [1.29, 1.82) is 0 Å². The standard InChI is InChI=1S/C19H32N2O5/c1-4-5-6-7-8-9-10-11-18(22)21(12-13-24-2)14-17-20-16(15-26-17)19(23)25-3/h15H,4-14H2,1-3H3. The van der Waals surface area contributed by atoms with Gasteiger partial charge in [0.2, 0.25) is 11.8 Å². The molecule has 1 amide bonds. The molecule has 0 atom stereocenters. The van der Waals surface area contributed by atoms with Gasteiger partial charge in [-0.25, -0.2) is 9.78 Å². The molecule has 1 rings (SSSR count). The second kappa shape index (κ2) is 13.3. The Morgan fingerprint density at radius 1 is 1.12 bits per heavy atom. The third-order valence-corrected chi connectivity index (χ3v) is 4.18. The van der Waals surface area contributed by atoms with Crippen LogP contribution in [0.25, 0.3) is 0 Å². The SMILES string of the molecule is CCCCCCCCCC(=O)N(CCOC)Cc1nc(C(=O)OC)co1. The van der Waals surface area contributed by atoms with E-state index in [9.17, 15) is 9.59 Å². The number of methoxy groups -OCH3 is 2. The van der Waals surface area contributed by atoms with E-state index < -0.39 is 5.97 Å². The first-order valence-corrected chi connectivity index (χ1v) is 9.41. The number of aromatic nitrogens is 1. The van der Waals surface area contributed by atoms with Crippen molar-refractivity contribution in [1.82, 2.24) is 9.88 Å². The Labute approximate surface area is 156 Å². The highest BCUT2D eigenvalue weighted by Crippen LogP contribution is 2.12. The van der Waals surface area contributed by atoms with Crippen molar-refractivity contribution in [3.05, 3.63) is 17.8 Å². The van der Waals surface area contributed by atoms with E-state index in [1.165, 1.54) is 45.5 Å². The summed E-state index contributed by atoms with van der Waals surface area (Å²) in [7, 11) is 2.88. The molecule has 0 aliphatic rings. The zero-order valence-corrected chi connectivity index (χ0v) is 16.3. The van der Waals surface area contributed by atoms with E-state index >= 15 is 0 Å². The molecule has 0 saturated carbocycles. The average molecular weight is 368 g/mol. The van der Waals surface area contributed by atoms with E-state index in [0.29, 0.717) is 25.5 Å². The van der Waals surface area contributed by atoms with Crippen LogP contribution in [0, 0.1) is 0 Å². The molecule has 0 unspecified atom stereocenters. The number of carbonyl (C=O) groups excluding carboxylic acids is 2. The van der Waals surface area contributed by atoms with Gasteiger partial charge in [0, 0.05) is 20.1 Å². The summed E-state index contributed by atoms with van der Waals surface area (Å²) in [6.45, 7) is 3.32. The van der Waals surface area contributed by atoms with Gasteiger partial charge in [0.15, 0.2) is 5.69 Å². The predicted molar refractivity (Wildman–Crippen MR) is 97.7 cm³/mol. The van der Waals surface area contributed by atoms with E-state index in [1.54, 1.807) is 12.0 Å². The molecule has 0 bridgehead atoms. The number of hydrogen-bond acceptors (Lipinski definition) is 6. The second-order valence-electron chi connectivity index (χ2n) is 6.30. The van der Waals surface area contributed by atoms with E-state index in [1.807, 2.05) is 0 Å². The number of hydrogen-bond donors (Lipinski definition) is 0. The van der Waals surface area contributed by atoms with Crippen LogP contribution in [0.2, 0.25) is 0 Å². The number of nitrogens with zero attached hydrogens (tertiary/aromatic N) is 2. The maximum Gasteiger partial charge on any atom is 0.360 e. The van der Waals surface area contributed by atoms with Crippen LogP contribution in [0.1, 0.15) is 74.7 Å². The van der Waals surface area contributed by atoms with E-state index in [0.717, 1.165) is 12.8 Å². The number of carbonyl (C=O) groups is 2. The molecule has 0 aromatic carbocycles. The summed E-state index contributed by atoms with van der Waals surface area (Å²) in [6, 6.07) is 0. The zero-order valence-electron chi connectivity index (χ0n) is 16.3. The van der Waals surface area contributed by atoms with Crippen LogP contribution in [0.15, 0.2) is 10.7 Å². The molecule has 0 spiro atoms. The Kier molecular flexibility index (Phi) is 11.4. The molecule has 0 aliphatic carbocycles. The second-order valence-corrected chi connectivity index (χ2v) is 6.30. The molecule has 7 heteroatoms. The number of ether oxygens (including phenoxy) is 2. The van der Waals surface area contributed by atoms with Gasteiger partial charge in [-0.2, -0.15) is 0 Å². The molecule has 0 N–H and O–H groups in total. The Balaban J connectivity index is 2.45. The lowest BCUT2D eigenvalue weighted by Gasteiger charge is -2.20. The van der Waals surface area contributed by atoms with E-state index in [4.69, 9.17) is 9.15 Å². The third kappa shape index (κ3) is 8.47. The first-order chi connectivity index (χ1) is 12.6. The van der Waals surface area contributed by atoms with Crippen LogP contribution in [0.3, 0.4) is 0 Å².